The zero-order chi connectivity index (χ0) is 19.7. The van der Waals surface area contributed by atoms with Crippen molar-refractivity contribution in [1.29, 1.82) is 0 Å². The van der Waals surface area contributed by atoms with Crippen LogP contribution in [0.4, 0.5) is 0 Å². The maximum Gasteiger partial charge on any atom is 0.274 e. The Labute approximate surface area is 164 Å². The van der Waals surface area contributed by atoms with Crippen LogP contribution in [0.3, 0.4) is 0 Å². The molecule has 1 N–H and O–H groups in total. The normalized spacial score (nSPS) is 17.1. The Bertz CT molecular complexity index is 1040. The van der Waals surface area contributed by atoms with Gasteiger partial charge in [0.1, 0.15) is 0 Å². The summed E-state index contributed by atoms with van der Waals surface area (Å²) in [4.78, 5) is 27.9. The summed E-state index contributed by atoms with van der Waals surface area (Å²) in [5.41, 5.74) is 3.11. The quantitative estimate of drug-likeness (QED) is 0.696. The van der Waals surface area contributed by atoms with Crippen LogP contribution in [0, 0.1) is 12.8 Å². The summed E-state index contributed by atoms with van der Waals surface area (Å²) in [5.74, 6) is -0.121. The van der Waals surface area contributed by atoms with E-state index in [1.165, 1.54) is 0 Å². The molecule has 1 aliphatic heterocycles. The van der Waals surface area contributed by atoms with Crippen molar-refractivity contribution in [3.63, 3.8) is 0 Å². The Morgan fingerprint density at radius 2 is 1.96 bits per heavy atom. The summed E-state index contributed by atoms with van der Waals surface area (Å²) < 4.78 is 0. The largest absolute Gasteiger partial charge is 0.337 e. The van der Waals surface area contributed by atoms with Crippen molar-refractivity contribution in [1.82, 2.24) is 15.1 Å². The summed E-state index contributed by atoms with van der Waals surface area (Å²) in [5, 5.41) is 9.37. The molecule has 0 spiro atoms. The Kier molecular flexibility index (Phi) is 4.99. The number of likely N-dealkylation sites (tertiary alicyclic amines) is 1. The molecule has 5 heteroatoms. The number of benzene rings is 2. The third-order valence-electron chi connectivity index (χ3n) is 5.78. The van der Waals surface area contributed by atoms with Gasteiger partial charge < -0.3 is 4.90 Å². The van der Waals surface area contributed by atoms with Crippen LogP contribution in [0.5, 0.6) is 0 Å². The van der Waals surface area contributed by atoms with Crippen LogP contribution in [-0.2, 0) is 6.42 Å². The molecule has 2 heterocycles. The van der Waals surface area contributed by atoms with E-state index in [9.17, 15) is 9.59 Å². The second-order valence-corrected chi connectivity index (χ2v) is 7.55. The first-order valence-electron chi connectivity index (χ1n) is 9.94. The lowest BCUT2D eigenvalue weighted by atomic mass is 9.89. The van der Waals surface area contributed by atoms with Gasteiger partial charge in [-0.3, -0.25) is 14.7 Å². The van der Waals surface area contributed by atoms with E-state index in [2.05, 4.69) is 10.2 Å². The first-order chi connectivity index (χ1) is 13.6. The SMILES string of the molecule is CCc1[nH]nc(C(=O)N2CCC[C@H](C(=O)c3ccc4ccccc4c3)C2)c1C. The van der Waals surface area contributed by atoms with Gasteiger partial charge in [-0.05, 0) is 43.0 Å². The summed E-state index contributed by atoms with van der Waals surface area (Å²) in [6, 6.07) is 13.9. The number of ketones is 1. The molecule has 1 amide bonds. The number of fused-ring (bicyclic) bond motifs is 1. The number of carbonyl (C=O) groups is 2. The third-order valence-corrected chi connectivity index (χ3v) is 5.78. The Hall–Kier alpha value is -2.95. The highest BCUT2D eigenvalue weighted by Crippen LogP contribution is 2.25. The molecule has 1 saturated heterocycles. The Balaban J connectivity index is 1.53. The van der Waals surface area contributed by atoms with Crippen molar-refractivity contribution in [2.24, 2.45) is 5.92 Å². The summed E-state index contributed by atoms with van der Waals surface area (Å²) in [6.45, 7) is 5.09. The van der Waals surface area contributed by atoms with Crippen molar-refractivity contribution in [3.8, 4) is 0 Å². The van der Waals surface area contributed by atoms with E-state index in [1.54, 1.807) is 4.90 Å². The molecule has 5 nitrogen and oxygen atoms in total. The molecular weight excluding hydrogens is 350 g/mol. The maximum absolute atomic E-state index is 13.1. The smallest absolute Gasteiger partial charge is 0.274 e. The Morgan fingerprint density at radius 3 is 2.71 bits per heavy atom. The fourth-order valence-corrected chi connectivity index (χ4v) is 4.09. The minimum Gasteiger partial charge on any atom is -0.337 e. The first-order valence-corrected chi connectivity index (χ1v) is 9.94. The molecule has 1 fully saturated rings. The highest BCUT2D eigenvalue weighted by Gasteiger charge is 2.31. The lowest BCUT2D eigenvalue weighted by Gasteiger charge is -2.31. The third kappa shape index (κ3) is 3.33. The predicted octanol–water partition coefficient (Wildman–Crippen LogP) is 4.17. The lowest BCUT2D eigenvalue weighted by molar-refractivity contribution is 0.0631. The molecular formula is C23H25N3O2. The first kappa shape index (κ1) is 18.4. The van der Waals surface area contributed by atoms with Crippen LogP contribution in [0.2, 0.25) is 0 Å². The number of hydrogen-bond donors (Lipinski definition) is 1. The molecule has 0 aliphatic carbocycles. The van der Waals surface area contributed by atoms with Crippen molar-refractivity contribution >= 4 is 22.5 Å². The van der Waals surface area contributed by atoms with Gasteiger partial charge in [0, 0.05) is 35.8 Å². The van der Waals surface area contributed by atoms with Crippen LogP contribution in [0.25, 0.3) is 10.8 Å². The number of amides is 1. The number of aryl methyl sites for hydroxylation is 1. The van der Waals surface area contributed by atoms with Gasteiger partial charge in [0.05, 0.1) is 0 Å². The molecule has 144 valence electrons. The fourth-order valence-electron chi connectivity index (χ4n) is 4.09. The van der Waals surface area contributed by atoms with E-state index in [0.717, 1.165) is 46.9 Å². The zero-order valence-corrected chi connectivity index (χ0v) is 16.4. The average molecular weight is 375 g/mol. The van der Waals surface area contributed by atoms with E-state index < -0.39 is 0 Å². The molecule has 1 aromatic heterocycles. The summed E-state index contributed by atoms with van der Waals surface area (Å²) in [6.07, 6.45) is 2.46. The predicted molar refractivity (Wildman–Crippen MR) is 110 cm³/mol. The van der Waals surface area contributed by atoms with E-state index in [0.29, 0.717) is 18.8 Å². The number of rotatable bonds is 4. The van der Waals surface area contributed by atoms with Gasteiger partial charge in [0.25, 0.3) is 5.91 Å². The van der Waals surface area contributed by atoms with Crippen LogP contribution in [0.1, 0.15) is 51.9 Å². The van der Waals surface area contributed by atoms with E-state index >= 15 is 0 Å². The zero-order valence-electron chi connectivity index (χ0n) is 16.4. The number of piperidine rings is 1. The number of nitrogens with zero attached hydrogens (tertiary/aromatic N) is 2. The van der Waals surface area contributed by atoms with E-state index in [-0.39, 0.29) is 17.6 Å². The van der Waals surface area contributed by atoms with Crippen molar-refractivity contribution < 1.29 is 9.59 Å². The van der Waals surface area contributed by atoms with Gasteiger partial charge in [-0.15, -0.1) is 0 Å². The highest BCUT2D eigenvalue weighted by atomic mass is 16.2. The number of aromatic nitrogens is 2. The van der Waals surface area contributed by atoms with Crippen LogP contribution in [-0.4, -0.2) is 39.9 Å². The minimum absolute atomic E-state index is 0.0792. The number of Topliss-reactive ketones (excluding diaryl/α,β-unsaturated/α-hetero) is 1. The molecule has 2 aromatic carbocycles. The number of H-pyrrole nitrogens is 1. The Morgan fingerprint density at radius 1 is 1.18 bits per heavy atom. The number of nitrogens with one attached hydrogen (secondary N) is 1. The van der Waals surface area contributed by atoms with Crippen LogP contribution < -0.4 is 0 Å². The number of hydrogen-bond acceptors (Lipinski definition) is 3. The molecule has 4 rings (SSSR count). The standard InChI is InChI=1S/C23H25N3O2/c1-3-20-15(2)21(25-24-20)23(28)26-12-6-9-19(14-26)22(27)18-11-10-16-7-4-5-8-17(16)13-18/h4-5,7-8,10-11,13,19H,3,6,9,12,14H2,1-2H3,(H,24,25)/t19-/m0/s1. The van der Waals surface area contributed by atoms with Gasteiger partial charge >= 0.3 is 0 Å². The molecule has 3 aromatic rings. The summed E-state index contributed by atoms with van der Waals surface area (Å²) >= 11 is 0. The second kappa shape index (κ2) is 7.58. The molecule has 0 unspecified atom stereocenters. The molecule has 1 aliphatic rings. The van der Waals surface area contributed by atoms with Gasteiger partial charge in [-0.1, -0.05) is 43.3 Å². The fraction of sp³-hybridized carbons (Fsp3) is 0.348. The monoisotopic (exact) mass is 375 g/mol. The van der Waals surface area contributed by atoms with Crippen molar-refractivity contribution in [3.05, 3.63) is 65.0 Å². The number of carbonyl (C=O) groups excluding carboxylic acids is 2. The van der Waals surface area contributed by atoms with Crippen LogP contribution in [0.15, 0.2) is 42.5 Å². The van der Waals surface area contributed by atoms with Crippen molar-refractivity contribution in [2.45, 2.75) is 33.1 Å². The van der Waals surface area contributed by atoms with E-state index in [1.807, 2.05) is 56.3 Å². The van der Waals surface area contributed by atoms with Crippen molar-refractivity contribution in [2.75, 3.05) is 13.1 Å². The van der Waals surface area contributed by atoms with Gasteiger partial charge in [-0.25, -0.2) is 0 Å². The average Bonchev–Trinajstić information content (AvgIpc) is 3.12. The molecule has 0 saturated carbocycles. The van der Waals surface area contributed by atoms with Gasteiger partial charge in [0.15, 0.2) is 11.5 Å². The summed E-state index contributed by atoms with van der Waals surface area (Å²) in [7, 11) is 0. The molecule has 28 heavy (non-hydrogen) atoms. The minimum atomic E-state index is -0.163. The second-order valence-electron chi connectivity index (χ2n) is 7.55. The lowest BCUT2D eigenvalue weighted by Crippen LogP contribution is -2.42. The molecule has 0 radical (unpaired) electrons. The van der Waals surface area contributed by atoms with Gasteiger partial charge in [0.2, 0.25) is 0 Å². The topological polar surface area (TPSA) is 66.1 Å². The molecule has 1 atom stereocenters. The van der Waals surface area contributed by atoms with E-state index in [4.69, 9.17) is 0 Å². The highest BCUT2D eigenvalue weighted by molar-refractivity contribution is 6.02. The molecule has 0 bridgehead atoms. The number of aromatic amines is 1. The van der Waals surface area contributed by atoms with Gasteiger partial charge in [-0.2, -0.15) is 5.10 Å². The van der Waals surface area contributed by atoms with Crippen LogP contribution >= 0.6 is 0 Å². The maximum atomic E-state index is 13.1.